The second kappa shape index (κ2) is 9.85. The quantitative estimate of drug-likeness (QED) is 0.637. The number of nitrogens with two attached hydrogens (primary N) is 1. The number of benzene rings is 3. The Kier molecular flexibility index (Phi) is 7.52. The number of hydrogen-bond donors (Lipinski definition) is 1. The molecular formula is C22H24ClNO2. The summed E-state index contributed by atoms with van der Waals surface area (Å²) in [6.45, 7) is 3.72. The smallest absolute Gasteiger partial charge is 0.119 e. The minimum absolute atomic E-state index is 0. The van der Waals surface area contributed by atoms with Crippen molar-refractivity contribution in [2.75, 3.05) is 13.2 Å². The zero-order valence-corrected chi connectivity index (χ0v) is 15.7. The van der Waals surface area contributed by atoms with Crippen LogP contribution in [0.2, 0.25) is 0 Å². The Balaban J connectivity index is 0.00000243. The number of ether oxygens (including phenoxy) is 2. The predicted octanol–water partition coefficient (Wildman–Crippen LogP) is 5.00. The number of rotatable bonds is 7. The zero-order valence-electron chi connectivity index (χ0n) is 14.9. The lowest BCUT2D eigenvalue weighted by Gasteiger charge is -2.11. The third kappa shape index (κ3) is 5.25. The zero-order chi connectivity index (χ0) is 17.5. The average Bonchev–Trinajstić information content (AvgIpc) is 2.66. The molecule has 3 rings (SSSR count). The molecule has 0 saturated heterocycles. The molecule has 3 aromatic rings. The van der Waals surface area contributed by atoms with Gasteiger partial charge < -0.3 is 15.2 Å². The summed E-state index contributed by atoms with van der Waals surface area (Å²) < 4.78 is 11.4. The topological polar surface area (TPSA) is 44.5 Å². The van der Waals surface area contributed by atoms with Gasteiger partial charge in [0.1, 0.15) is 24.7 Å². The molecule has 26 heavy (non-hydrogen) atoms. The van der Waals surface area contributed by atoms with Crippen molar-refractivity contribution in [1.29, 1.82) is 0 Å². The van der Waals surface area contributed by atoms with E-state index in [4.69, 9.17) is 15.2 Å². The average molecular weight is 370 g/mol. The standard InChI is InChI=1S/C22H23NO2.ClH/c1-17-15-21(24-14-13-23)11-12-22(17)19-7-9-20(10-8-19)25-16-18-5-3-2-4-6-18;/h2-12,15H,13-14,16,23H2,1H3;1H. The maximum Gasteiger partial charge on any atom is 0.119 e. The second-order valence-corrected chi connectivity index (χ2v) is 5.91. The predicted molar refractivity (Wildman–Crippen MR) is 109 cm³/mol. The highest BCUT2D eigenvalue weighted by Gasteiger charge is 2.05. The first-order valence-electron chi connectivity index (χ1n) is 8.47. The summed E-state index contributed by atoms with van der Waals surface area (Å²) in [5.74, 6) is 1.72. The van der Waals surface area contributed by atoms with Gasteiger partial charge in [0.15, 0.2) is 0 Å². The Labute approximate surface area is 161 Å². The molecule has 4 heteroatoms. The van der Waals surface area contributed by atoms with Gasteiger partial charge in [-0.15, -0.1) is 12.4 Å². The Morgan fingerprint density at radius 3 is 2.15 bits per heavy atom. The van der Waals surface area contributed by atoms with Crippen LogP contribution in [0.1, 0.15) is 11.1 Å². The van der Waals surface area contributed by atoms with Gasteiger partial charge in [0, 0.05) is 6.54 Å². The second-order valence-electron chi connectivity index (χ2n) is 5.91. The van der Waals surface area contributed by atoms with Gasteiger partial charge in [-0.3, -0.25) is 0 Å². The van der Waals surface area contributed by atoms with Gasteiger partial charge in [0.05, 0.1) is 0 Å². The normalized spacial score (nSPS) is 10.1. The van der Waals surface area contributed by atoms with Gasteiger partial charge in [-0.2, -0.15) is 0 Å². The van der Waals surface area contributed by atoms with Crippen LogP contribution in [0.25, 0.3) is 11.1 Å². The van der Waals surface area contributed by atoms with Gasteiger partial charge in [-0.05, 0) is 53.4 Å². The van der Waals surface area contributed by atoms with Crippen molar-refractivity contribution in [3.8, 4) is 22.6 Å². The fraction of sp³-hybridized carbons (Fsp3) is 0.182. The lowest BCUT2D eigenvalue weighted by molar-refractivity contribution is 0.306. The van der Waals surface area contributed by atoms with E-state index in [1.807, 2.05) is 42.5 Å². The Bertz CT molecular complexity index is 804. The molecule has 0 saturated carbocycles. The molecule has 3 nitrogen and oxygen atoms in total. The SMILES string of the molecule is Cc1cc(OCCN)ccc1-c1ccc(OCc2ccccc2)cc1.Cl. The van der Waals surface area contributed by atoms with E-state index in [0.29, 0.717) is 19.8 Å². The monoisotopic (exact) mass is 369 g/mol. The molecule has 136 valence electrons. The molecule has 0 unspecified atom stereocenters. The first kappa shape index (κ1) is 19.8. The van der Waals surface area contributed by atoms with E-state index in [2.05, 4.69) is 37.3 Å². The van der Waals surface area contributed by atoms with Crippen LogP contribution in [0.3, 0.4) is 0 Å². The summed E-state index contributed by atoms with van der Waals surface area (Å²) in [4.78, 5) is 0. The third-order valence-corrected chi connectivity index (χ3v) is 4.00. The molecule has 0 amide bonds. The molecule has 3 aromatic carbocycles. The molecule has 2 N–H and O–H groups in total. The van der Waals surface area contributed by atoms with E-state index in [-0.39, 0.29) is 12.4 Å². The summed E-state index contributed by atoms with van der Waals surface area (Å²) >= 11 is 0. The van der Waals surface area contributed by atoms with Crippen LogP contribution in [0.5, 0.6) is 11.5 Å². The molecule has 0 aliphatic carbocycles. The first-order valence-corrected chi connectivity index (χ1v) is 8.47. The summed E-state index contributed by atoms with van der Waals surface area (Å²) in [5.41, 5.74) is 10.2. The first-order chi connectivity index (χ1) is 12.3. The van der Waals surface area contributed by atoms with Crippen LogP contribution in [-0.4, -0.2) is 13.2 Å². The van der Waals surface area contributed by atoms with Crippen LogP contribution >= 0.6 is 12.4 Å². The lowest BCUT2D eigenvalue weighted by atomic mass is 10.0. The van der Waals surface area contributed by atoms with E-state index in [9.17, 15) is 0 Å². The van der Waals surface area contributed by atoms with Crippen LogP contribution in [0.4, 0.5) is 0 Å². The highest BCUT2D eigenvalue weighted by Crippen LogP contribution is 2.28. The van der Waals surface area contributed by atoms with Gasteiger partial charge in [0.2, 0.25) is 0 Å². The van der Waals surface area contributed by atoms with Crippen LogP contribution in [0, 0.1) is 6.92 Å². The molecule has 0 aliphatic heterocycles. The Hall–Kier alpha value is -2.49. The van der Waals surface area contributed by atoms with Crippen LogP contribution in [0.15, 0.2) is 72.8 Å². The van der Waals surface area contributed by atoms with Crippen LogP contribution in [-0.2, 0) is 6.61 Å². The molecule has 0 radical (unpaired) electrons. The molecule has 0 fully saturated rings. The molecule has 0 bridgehead atoms. The minimum Gasteiger partial charge on any atom is -0.492 e. The van der Waals surface area contributed by atoms with Gasteiger partial charge in [0.25, 0.3) is 0 Å². The van der Waals surface area contributed by atoms with Crippen LogP contribution < -0.4 is 15.2 Å². The maximum atomic E-state index is 5.84. The van der Waals surface area contributed by atoms with Crippen molar-refractivity contribution in [2.45, 2.75) is 13.5 Å². The van der Waals surface area contributed by atoms with Crippen molar-refractivity contribution < 1.29 is 9.47 Å². The largest absolute Gasteiger partial charge is 0.492 e. The van der Waals surface area contributed by atoms with Gasteiger partial charge in [-0.25, -0.2) is 0 Å². The highest BCUT2D eigenvalue weighted by atomic mass is 35.5. The Morgan fingerprint density at radius 2 is 1.50 bits per heavy atom. The van der Waals surface area contributed by atoms with Gasteiger partial charge >= 0.3 is 0 Å². The molecule has 0 heterocycles. The van der Waals surface area contributed by atoms with Crippen molar-refractivity contribution in [3.63, 3.8) is 0 Å². The van der Waals surface area contributed by atoms with E-state index < -0.39 is 0 Å². The van der Waals surface area contributed by atoms with E-state index >= 15 is 0 Å². The van der Waals surface area contributed by atoms with Gasteiger partial charge in [-0.1, -0.05) is 48.5 Å². The summed E-state index contributed by atoms with van der Waals surface area (Å²) in [6.07, 6.45) is 0. The fourth-order valence-corrected chi connectivity index (χ4v) is 2.70. The summed E-state index contributed by atoms with van der Waals surface area (Å²) in [5, 5.41) is 0. The fourth-order valence-electron chi connectivity index (χ4n) is 2.70. The highest BCUT2D eigenvalue weighted by molar-refractivity contribution is 5.85. The number of halogens is 1. The molecule has 0 aromatic heterocycles. The molecule has 0 spiro atoms. The summed E-state index contributed by atoms with van der Waals surface area (Å²) in [6, 6.07) is 24.5. The van der Waals surface area contributed by atoms with Crippen molar-refractivity contribution >= 4 is 12.4 Å². The number of hydrogen-bond acceptors (Lipinski definition) is 3. The summed E-state index contributed by atoms with van der Waals surface area (Å²) in [7, 11) is 0. The van der Waals surface area contributed by atoms with Crippen molar-refractivity contribution in [2.24, 2.45) is 5.73 Å². The van der Waals surface area contributed by atoms with E-state index in [1.165, 1.54) is 11.1 Å². The third-order valence-electron chi connectivity index (χ3n) is 4.00. The van der Waals surface area contributed by atoms with E-state index in [1.54, 1.807) is 0 Å². The number of aryl methyl sites for hydroxylation is 1. The Morgan fingerprint density at radius 1 is 0.808 bits per heavy atom. The van der Waals surface area contributed by atoms with Crippen molar-refractivity contribution in [1.82, 2.24) is 0 Å². The molecule has 0 aliphatic rings. The van der Waals surface area contributed by atoms with Crippen molar-refractivity contribution in [3.05, 3.63) is 83.9 Å². The minimum atomic E-state index is 0. The lowest BCUT2D eigenvalue weighted by Crippen LogP contribution is -2.10. The molecule has 0 atom stereocenters. The maximum absolute atomic E-state index is 5.84. The van der Waals surface area contributed by atoms with E-state index in [0.717, 1.165) is 22.6 Å². The molecular weight excluding hydrogens is 346 g/mol.